The van der Waals surface area contributed by atoms with E-state index in [1.54, 1.807) is 17.7 Å². The number of halogens is 1. The summed E-state index contributed by atoms with van der Waals surface area (Å²) < 4.78 is 1.63. The lowest BCUT2D eigenvalue weighted by molar-refractivity contribution is 0.505. The summed E-state index contributed by atoms with van der Waals surface area (Å²) in [5, 5.41) is 2.12. The Labute approximate surface area is 112 Å². The lowest BCUT2D eigenvalue weighted by Gasteiger charge is -2.25. The summed E-state index contributed by atoms with van der Waals surface area (Å²) >= 11 is 6.19. The quantitative estimate of drug-likeness (QED) is 0.806. The van der Waals surface area contributed by atoms with Crippen molar-refractivity contribution in [2.24, 2.45) is 7.05 Å². The summed E-state index contributed by atoms with van der Waals surface area (Å²) in [6.07, 6.45) is 2.94. The van der Waals surface area contributed by atoms with Gasteiger partial charge in [-0.25, -0.2) is 0 Å². The second-order valence-corrected chi connectivity index (χ2v) is 5.77. The maximum Gasteiger partial charge on any atom is 0.259 e. The SMILES string of the molecule is CCC(C)(C)c1cn(C)c(=O)c2c(Cl)cccc12. The third kappa shape index (κ3) is 1.95. The van der Waals surface area contributed by atoms with E-state index in [1.165, 1.54) is 5.56 Å². The Morgan fingerprint density at radius 2 is 2.00 bits per heavy atom. The summed E-state index contributed by atoms with van der Waals surface area (Å²) in [4.78, 5) is 12.2. The molecular formula is C15H18ClNO. The molecule has 0 N–H and O–H groups in total. The molecule has 0 atom stereocenters. The van der Waals surface area contributed by atoms with Crippen molar-refractivity contribution in [2.45, 2.75) is 32.6 Å². The van der Waals surface area contributed by atoms with Crippen LogP contribution in [-0.2, 0) is 12.5 Å². The van der Waals surface area contributed by atoms with Crippen molar-refractivity contribution >= 4 is 22.4 Å². The molecule has 0 amide bonds. The first-order valence-electron chi connectivity index (χ1n) is 6.17. The Morgan fingerprint density at radius 3 is 2.61 bits per heavy atom. The molecule has 96 valence electrons. The molecule has 0 aliphatic carbocycles. The molecule has 2 aromatic rings. The topological polar surface area (TPSA) is 22.0 Å². The van der Waals surface area contributed by atoms with Crippen molar-refractivity contribution in [3.63, 3.8) is 0 Å². The number of aromatic nitrogens is 1. The molecule has 0 spiro atoms. The standard InChI is InChI=1S/C15H18ClNO/c1-5-15(2,3)11-9-17(4)14(18)13-10(11)7-6-8-12(13)16/h6-9H,5H2,1-4H3. The summed E-state index contributed by atoms with van der Waals surface area (Å²) in [5.41, 5.74) is 1.16. The number of hydrogen-bond acceptors (Lipinski definition) is 1. The molecule has 3 heteroatoms. The fraction of sp³-hybridized carbons (Fsp3) is 0.400. The van der Waals surface area contributed by atoms with Crippen molar-refractivity contribution in [1.82, 2.24) is 4.57 Å². The van der Waals surface area contributed by atoms with Crippen molar-refractivity contribution in [3.8, 4) is 0 Å². The molecule has 0 unspecified atom stereocenters. The molecule has 0 saturated heterocycles. The number of hydrogen-bond donors (Lipinski definition) is 0. The van der Waals surface area contributed by atoms with Crippen molar-refractivity contribution in [1.29, 1.82) is 0 Å². The highest BCUT2D eigenvalue weighted by atomic mass is 35.5. The van der Waals surface area contributed by atoms with E-state index in [0.29, 0.717) is 10.4 Å². The number of pyridine rings is 1. The Balaban J connectivity index is 2.97. The zero-order valence-electron chi connectivity index (χ0n) is 11.2. The Kier molecular flexibility index (Phi) is 3.24. The molecule has 0 radical (unpaired) electrons. The normalized spacial score (nSPS) is 12.1. The van der Waals surface area contributed by atoms with Gasteiger partial charge in [0.1, 0.15) is 0 Å². The molecule has 0 bridgehead atoms. The maximum atomic E-state index is 12.2. The van der Waals surface area contributed by atoms with Crippen LogP contribution in [0, 0.1) is 0 Å². The highest BCUT2D eigenvalue weighted by Gasteiger charge is 2.23. The summed E-state index contributed by atoms with van der Waals surface area (Å²) in [7, 11) is 1.78. The summed E-state index contributed by atoms with van der Waals surface area (Å²) in [6, 6.07) is 5.66. The van der Waals surface area contributed by atoms with Crippen LogP contribution in [0.25, 0.3) is 10.8 Å². The van der Waals surface area contributed by atoms with E-state index in [9.17, 15) is 4.79 Å². The molecule has 1 heterocycles. The van der Waals surface area contributed by atoms with Crippen molar-refractivity contribution < 1.29 is 0 Å². The number of nitrogens with zero attached hydrogens (tertiary/aromatic N) is 1. The van der Waals surface area contributed by atoms with E-state index in [1.807, 2.05) is 18.3 Å². The molecule has 0 aliphatic heterocycles. The minimum atomic E-state index is -0.0359. The Morgan fingerprint density at radius 1 is 1.33 bits per heavy atom. The van der Waals surface area contributed by atoms with Gasteiger partial charge in [-0.05, 0) is 28.9 Å². The zero-order valence-corrected chi connectivity index (χ0v) is 12.0. The second-order valence-electron chi connectivity index (χ2n) is 5.36. The van der Waals surface area contributed by atoms with Gasteiger partial charge < -0.3 is 4.57 Å². The van der Waals surface area contributed by atoms with Crippen LogP contribution in [-0.4, -0.2) is 4.57 Å². The number of aryl methyl sites for hydroxylation is 1. The number of benzene rings is 1. The van der Waals surface area contributed by atoms with Crippen LogP contribution in [0.1, 0.15) is 32.8 Å². The van der Waals surface area contributed by atoms with E-state index in [4.69, 9.17) is 11.6 Å². The molecule has 0 saturated carbocycles. The third-order valence-electron chi connectivity index (χ3n) is 3.77. The number of rotatable bonds is 2. The first kappa shape index (κ1) is 13.2. The van der Waals surface area contributed by atoms with Gasteiger partial charge in [0, 0.05) is 13.2 Å². The molecule has 1 aromatic carbocycles. The van der Waals surface area contributed by atoms with Gasteiger partial charge in [-0.3, -0.25) is 4.79 Å². The molecule has 1 aromatic heterocycles. The van der Waals surface area contributed by atoms with E-state index < -0.39 is 0 Å². The maximum absolute atomic E-state index is 12.2. The van der Waals surface area contributed by atoms with Crippen molar-refractivity contribution in [2.75, 3.05) is 0 Å². The fourth-order valence-corrected chi connectivity index (χ4v) is 2.45. The first-order chi connectivity index (χ1) is 8.38. The molecular weight excluding hydrogens is 246 g/mol. The third-order valence-corrected chi connectivity index (χ3v) is 4.09. The predicted molar refractivity (Wildman–Crippen MR) is 77.5 cm³/mol. The Hall–Kier alpha value is -1.28. The van der Waals surface area contributed by atoms with Gasteiger partial charge in [0.05, 0.1) is 10.4 Å². The average Bonchev–Trinajstić information content (AvgIpc) is 2.33. The van der Waals surface area contributed by atoms with E-state index in [-0.39, 0.29) is 11.0 Å². The van der Waals surface area contributed by atoms with Gasteiger partial charge in [0.25, 0.3) is 5.56 Å². The first-order valence-corrected chi connectivity index (χ1v) is 6.54. The highest BCUT2D eigenvalue weighted by Crippen LogP contribution is 2.33. The van der Waals surface area contributed by atoms with E-state index >= 15 is 0 Å². The number of fused-ring (bicyclic) bond motifs is 1. The van der Waals surface area contributed by atoms with Gasteiger partial charge in [0.2, 0.25) is 0 Å². The largest absolute Gasteiger partial charge is 0.318 e. The van der Waals surface area contributed by atoms with Gasteiger partial charge >= 0.3 is 0 Å². The van der Waals surface area contributed by atoms with Crippen LogP contribution in [0.3, 0.4) is 0 Å². The van der Waals surface area contributed by atoms with Crippen LogP contribution in [0.15, 0.2) is 29.2 Å². The van der Waals surface area contributed by atoms with Crippen LogP contribution >= 0.6 is 11.6 Å². The van der Waals surface area contributed by atoms with Crippen molar-refractivity contribution in [3.05, 3.63) is 45.3 Å². The predicted octanol–water partition coefficient (Wildman–Crippen LogP) is 3.88. The van der Waals surface area contributed by atoms with Crippen LogP contribution < -0.4 is 5.56 Å². The monoisotopic (exact) mass is 263 g/mol. The van der Waals surface area contributed by atoms with Crippen LogP contribution in [0.4, 0.5) is 0 Å². The second kappa shape index (κ2) is 4.43. The van der Waals surface area contributed by atoms with E-state index in [2.05, 4.69) is 20.8 Å². The Bertz CT molecular complexity index is 655. The van der Waals surface area contributed by atoms with Crippen LogP contribution in [0.5, 0.6) is 0 Å². The van der Waals surface area contributed by atoms with Gasteiger partial charge in [-0.2, -0.15) is 0 Å². The molecule has 0 fully saturated rings. The van der Waals surface area contributed by atoms with Gasteiger partial charge in [-0.1, -0.05) is 44.5 Å². The highest BCUT2D eigenvalue weighted by molar-refractivity contribution is 6.35. The van der Waals surface area contributed by atoms with Gasteiger partial charge in [0.15, 0.2) is 0 Å². The minimum absolute atomic E-state index is 0.0222. The van der Waals surface area contributed by atoms with E-state index in [0.717, 1.165) is 11.8 Å². The fourth-order valence-electron chi connectivity index (χ4n) is 2.19. The molecule has 0 aliphatic rings. The average molecular weight is 264 g/mol. The minimum Gasteiger partial charge on any atom is -0.318 e. The zero-order chi connectivity index (χ0) is 13.5. The molecule has 2 nitrogen and oxygen atoms in total. The molecule has 2 rings (SSSR count). The smallest absolute Gasteiger partial charge is 0.259 e. The lowest BCUT2D eigenvalue weighted by atomic mass is 9.81. The van der Waals surface area contributed by atoms with Crippen LogP contribution in [0.2, 0.25) is 5.02 Å². The summed E-state index contributed by atoms with van der Waals surface area (Å²) in [5.74, 6) is 0. The van der Waals surface area contributed by atoms with Gasteiger partial charge in [-0.15, -0.1) is 0 Å². The summed E-state index contributed by atoms with van der Waals surface area (Å²) in [6.45, 7) is 6.53. The molecule has 18 heavy (non-hydrogen) atoms. The lowest BCUT2D eigenvalue weighted by Crippen LogP contribution is -2.23.